The van der Waals surface area contributed by atoms with E-state index in [1.165, 1.54) is 5.56 Å². The molecule has 0 aliphatic carbocycles. The van der Waals surface area contributed by atoms with Gasteiger partial charge < -0.3 is 15.2 Å². The van der Waals surface area contributed by atoms with Crippen molar-refractivity contribution in [2.45, 2.75) is 26.5 Å². The van der Waals surface area contributed by atoms with Crippen molar-refractivity contribution in [1.82, 2.24) is 9.80 Å². The largest absolute Gasteiger partial charge is 0.497 e. The molecule has 2 N–H and O–H groups in total. The summed E-state index contributed by atoms with van der Waals surface area (Å²) in [6.45, 7) is 8.89. The lowest BCUT2D eigenvalue weighted by molar-refractivity contribution is 0.0844. The fraction of sp³-hybridized carbons (Fsp3) is 0.435. The van der Waals surface area contributed by atoms with Crippen LogP contribution in [0.5, 0.6) is 11.5 Å². The quantitative estimate of drug-likeness (QED) is 0.545. The summed E-state index contributed by atoms with van der Waals surface area (Å²) in [5.74, 6) is 1.60. The lowest BCUT2D eigenvalue weighted by atomic mass is 10.1. The Hall–Kier alpha value is -2.57. The van der Waals surface area contributed by atoms with Gasteiger partial charge in [-0.05, 0) is 49.7 Å². The van der Waals surface area contributed by atoms with Gasteiger partial charge in [-0.1, -0.05) is 12.1 Å². The van der Waals surface area contributed by atoms with Gasteiger partial charge in [-0.15, -0.1) is 0 Å². The first kappa shape index (κ1) is 21.1. The summed E-state index contributed by atoms with van der Waals surface area (Å²) in [5.41, 5.74) is 8.46. The van der Waals surface area contributed by atoms with Gasteiger partial charge in [0.15, 0.2) is 5.78 Å². The number of hydrogen-bond acceptors (Lipinski definition) is 6. The zero-order valence-corrected chi connectivity index (χ0v) is 17.6. The van der Waals surface area contributed by atoms with Crippen molar-refractivity contribution in [1.29, 1.82) is 0 Å². The summed E-state index contributed by atoms with van der Waals surface area (Å²) >= 11 is 0. The first-order chi connectivity index (χ1) is 13.9. The number of nitrogens with two attached hydrogens (primary N) is 1. The topological polar surface area (TPSA) is 68.0 Å². The van der Waals surface area contributed by atoms with Gasteiger partial charge in [-0.2, -0.15) is 0 Å². The highest BCUT2D eigenvalue weighted by molar-refractivity contribution is 5.98. The first-order valence-corrected chi connectivity index (χ1v) is 10.1. The molecule has 29 heavy (non-hydrogen) atoms. The van der Waals surface area contributed by atoms with Crippen LogP contribution in [0.25, 0.3) is 0 Å². The van der Waals surface area contributed by atoms with Gasteiger partial charge in [-0.25, -0.2) is 0 Å². The van der Waals surface area contributed by atoms with E-state index < -0.39 is 0 Å². The molecule has 0 unspecified atom stereocenters. The van der Waals surface area contributed by atoms with Gasteiger partial charge in [0.05, 0.1) is 25.4 Å². The number of nitrogen functional groups attached to an aromatic ring is 1. The van der Waals surface area contributed by atoms with E-state index in [4.69, 9.17) is 15.2 Å². The lowest BCUT2D eigenvalue weighted by Gasteiger charge is -2.34. The van der Waals surface area contributed by atoms with E-state index in [1.54, 1.807) is 25.3 Å². The van der Waals surface area contributed by atoms with Gasteiger partial charge >= 0.3 is 0 Å². The van der Waals surface area contributed by atoms with Crippen molar-refractivity contribution in [2.24, 2.45) is 0 Å². The van der Waals surface area contributed by atoms with Crippen LogP contribution in [0.2, 0.25) is 0 Å². The van der Waals surface area contributed by atoms with E-state index in [1.807, 2.05) is 26.0 Å². The van der Waals surface area contributed by atoms with E-state index in [9.17, 15) is 4.79 Å². The number of carbonyl (C=O) groups excluding carboxylic acids is 1. The van der Waals surface area contributed by atoms with Gasteiger partial charge in [0, 0.05) is 38.3 Å². The maximum Gasteiger partial charge on any atom is 0.176 e. The number of anilines is 1. The van der Waals surface area contributed by atoms with Crippen LogP contribution in [0.1, 0.15) is 29.8 Å². The molecule has 1 aliphatic heterocycles. The van der Waals surface area contributed by atoms with Crippen LogP contribution in [0, 0.1) is 0 Å². The lowest BCUT2D eigenvalue weighted by Crippen LogP contribution is -2.47. The predicted octanol–water partition coefficient (Wildman–Crippen LogP) is 3.07. The Morgan fingerprint density at radius 1 is 1.03 bits per heavy atom. The summed E-state index contributed by atoms with van der Waals surface area (Å²) in [5, 5.41) is 0. The molecule has 1 fully saturated rings. The monoisotopic (exact) mass is 397 g/mol. The molecule has 0 saturated carbocycles. The molecule has 0 spiro atoms. The van der Waals surface area contributed by atoms with E-state index in [0.29, 0.717) is 23.5 Å². The number of nitrogens with zero attached hydrogens (tertiary/aromatic N) is 2. The average molecular weight is 398 g/mol. The van der Waals surface area contributed by atoms with E-state index in [0.717, 1.165) is 38.5 Å². The number of methoxy groups -OCH3 is 1. The molecule has 6 heteroatoms. The summed E-state index contributed by atoms with van der Waals surface area (Å²) in [6, 6.07) is 13.5. The number of piperazine rings is 1. The van der Waals surface area contributed by atoms with Gasteiger partial charge in [-0.3, -0.25) is 14.6 Å². The molecule has 2 aromatic carbocycles. The third kappa shape index (κ3) is 5.95. The molecule has 0 radical (unpaired) electrons. The summed E-state index contributed by atoms with van der Waals surface area (Å²) in [6.07, 6.45) is 0.0491. The molecule has 1 heterocycles. The maximum absolute atomic E-state index is 12.7. The highest BCUT2D eigenvalue weighted by Crippen LogP contribution is 2.24. The smallest absolute Gasteiger partial charge is 0.176 e. The Morgan fingerprint density at radius 3 is 2.28 bits per heavy atom. The van der Waals surface area contributed by atoms with E-state index in [-0.39, 0.29) is 11.9 Å². The molecule has 3 rings (SSSR count). The van der Waals surface area contributed by atoms with Crippen LogP contribution in [-0.4, -0.2) is 61.5 Å². The second-order valence-corrected chi connectivity index (χ2v) is 7.74. The van der Waals surface area contributed by atoms with Crippen LogP contribution in [0.4, 0.5) is 5.69 Å². The fourth-order valence-corrected chi connectivity index (χ4v) is 3.47. The molecular formula is C23H31N3O3. The number of benzene rings is 2. The van der Waals surface area contributed by atoms with Gasteiger partial charge in [0.2, 0.25) is 0 Å². The number of carbonyl (C=O) groups is 1. The SMILES string of the molecule is COc1ccc(CN2CCN(CC(=O)c3ccc(OC(C)C)c(N)c3)CC2)cc1. The molecule has 1 aliphatic rings. The Balaban J connectivity index is 1.48. The van der Waals surface area contributed by atoms with Crippen LogP contribution in [-0.2, 0) is 6.54 Å². The zero-order chi connectivity index (χ0) is 20.8. The van der Waals surface area contributed by atoms with E-state index >= 15 is 0 Å². The Bertz CT molecular complexity index is 813. The van der Waals surface area contributed by atoms with Crippen LogP contribution in [0.15, 0.2) is 42.5 Å². The minimum absolute atomic E-state index is 0.0491. The van der Waals surface area contributed by atoms with Crippen molar-refractivity contribution in [3.05, 3.63) is 53.6 Å². The maximum atomic E-state index is 12.7. The number of ketones is 1. The molecular weight excluding hydrogens is 366 g/mol. The highest BCUT2D eigenvalue weighted by atomic mass is 16.5. The molecule has 1 saturated heterocycles. The minimum Gasteiger partial charge on any atom is -0.497 e. The molecule has 0 atom stereocenters. The number of hydrogen-bond donors (Lipinski definition) is 1. The number of rotatable bonds is 8. The molecule has 156 valence electrons. The van der Waals surface area contributed by atoms with Crippen molar-refractivity contribution < 1.29 is 14.3 Å². The molecule has 0 aromatic heterocycles. The second-order valence-electron chi connectivity index (χ2n) is 7.74. The third-order valence-electron chi connectivity index (χ3n) is 5.09. The predicted molar refractivity (Wildman–Crippen MR) is 116 cm³/mol. The van der Waals surface area contributed by atoms with E-state index in [2.05, 4.69) is 21.9 Å². The van der Waals surface area contributed by atoms with Crippen LogP contribution in [0.3, 0.4) is 0 Å². The average Bonchev–Trinajstić information content (AvgIpc) is 2.71. The second kappa shape index (κ2) is 9.76. The first-order valence-electron chi connectivity index (χ1n) is 10.1. The molecule has 0 amide bonds. The number of ether oxygens (including phenoxy) is 2. The molecule has 6 nitrogen and oxygen atoms in total. The van der Waals surface area contributed by atoms with Gasteiger partial charge in [0.25, 0.3) is 0 Å². The molecule has 0 bridgehead atoms. The number of Topliss-reactive ketones (excluding diaryl/α,β-unsaturated/α-hetero) is 1. The van der Waals surface area contributed by atoms with Crippen molar-refractivity contribution in [2.75, 3.05) is 45.6 Å². The minimum atomic E-state index is 0.0491. The normalized spacial score (nSPS) is 15.4. The van der Waals surface area contributed by atoms with Crippen LogP contribution >= 0.6 is 0 Å². The van der Waals surface area contributed by atoms with Crippen molar-refractivity contribution >= 4 is 11.5 Å². The summed E-state index contributed by atoms with van der Waals surface area (Å²) < 4.78 is 10.9. The molecule has 2 aromatic rings. The van der Waals surface area contributed by atoms with Crippen molar-refractivity contribution in [3.8, 4) is 11.5 Å². The van der Waals surface area contributed by atoms with Crippen LogP contribution < -0.4 is 15.2 Å². The Morgan fingerprint density at radius 2 is 1.69 bits per heavy atom. The zero-order valence-electron chi connectivity index (χ0n) is 17.6. The fourth-order valence-electron chi connectivity index (χ4n) is 3.47. The van der Waals surface area contributed by atoms with Crippen molar-refractivity contribution in [3.63, 3.8) is 0 Å². The Kier molecular flexibility index (Phi) is 7.12. The standard InChI is InChI=1S/C23H31N3O3/c1-17(2)29-23-9-6-19(14-21(23)24)22(27)16-26-12-10-25(11-13-26)15-18-4-7-20(28-3)8-5-18/h4-9,14,17H,10-13,15-16,24H2,1-3H3. The summed E-state index contributed by atoms with van der Waals surface area (Å²) in [7, 11) is 1.68. The highest BCUT2D eigenvalue weighted by Gasteiger charge is 2.20. The Labute approximate surface area is 173 Å². The summed E-state index contributed by atoms with van der Waals surface area (Å²) in [4.78, 5) is 17.3. The third-order valence-corrected chi connectivity index (χ3v) is 5.09. The van der Waals surface area contributed by atoms with Gasteiger partial charge in [0.1, 0.15) is 11.5 Å².